The third-order valence-electron chi connectivity index (χ3n) is 4.83. The molecule has 1 unspecified atom stereocenters. The Morgan fingerprint density at radius 2 is 1.81 bits per heavy atom. The third-order valence-corrected chi connectivity index (χ3v) is 4.83. The molecule has 1 N–H and O–H groups in total. The Kier molecular flexibility index (Phi) is 4.85. The van der Waals surface area contributed by atoms with Crippen LogP contribution in [0.4, 0.5) is 0 Å². The van der Waals surface area contributed by atoms with Gasteiger partial charge in [0, 0.05) is 41.9 Å². The van der Waals surface area contributed by atoms with Crippen molar-refractivity contribution in [1.82, 2.24) is 24.6 Å². The Bertz CT molecular complexity index is 1000. The van der Waals surface area contributed by atoms with Crippen molar-refractivity contribution < 1.29 is 0 Å². The number of nitrogens with zero attached hydrogens (tertiary/aromatic N) is 4. The lowest BCUT2D eigenvalue weighted by Crippen LogP contribution is -2.20. The van der Waals surface area contributed by atoms with Gasteiger partial charge in [0.2, 0.25) is 0 Å². The zero-order valence-corrected chi connectivity index (χ0v) is 15.6. The molecule has 4 rings (SSSR count). The summed E-state index contributed by atoms with van der Waals surface area (Å²) in [6, 6.07) is 20.5. The second kappa shape index (κ2) is 7.60. The maximum atomic E-state index is 4.58. The van der Waals surface area contributed by atoms with Crippen molar-refractivity contribution in [3.05, 3.63) is 96.2 Å². The van der Waals surface area contributed by atoms with Crippen LogP contribution in [0.2, 0.25) is 0 Å². The maximum absolute atomic E-state index is 4.58. The molecule has 1 atom stereocenters. The van der Waals surface area contributed by atoms with Gasteiger partial charge in [-0.05, 0) is 50.2 Å². The van der Waals surface area contributed by atoms with Crippen LogP contribution in [-0.2, 0) is 6.54 Å². The molecule has 5 nitrogen and oxygen atoms in total. The van der Waals surface area contributed by atoms with Crippen LogP contribution in [0.5, 0.6) is 0 Å². The van der Waals surface area contributed by atoms with Crippen LogP contribution in [0.15, 0.2) is 79.3 Å². The van der Waals surface area contributed by atoms with Gasteiger partial charge < -0.3 is 9.88 Å². The van der Waals surface area contributed by atoms with E-state index in [1.807, 2.05) is 59.7 Å². The highest BCUT2D eigenvalue weighted by molar-refractivity contribution is 5.35. The first-order chi connectivity index (χ1) is 13.2. The van der Waals surface area contributed by atoms with Crippen molar-refractivity contribution in [2.75, 3.05) is 0 Å². The Morgan fingerprint density at radius 1 is 1.00 bits per heavy atom. The van der Waals surface area contributed by atoms with Crippen molar-refractivity contribution in [2.24, 2.45) is 0 Å². The summed E-state index contributed by atoms with van der Waals surface area (Å²) in [5.41, 5.74) is 4.61. The molecule has 0 saturated carbocycles. The van der Waals surface area contributed by atoms with Crippen LogP contribution in [-0.4, -0.2) is 19.3 Å². The molecule has 0 spiro atoms. The summed E-state index contributed by atoms with van der Waals surface area (Å²) in [5, 5.41) is 8.19. The predicted octanol–water partition coefficient (Wildman–Crippen LogP) is 4.22. The molecular formula is C22H23N5. The van der Waals surface area contributed by atoms with E-state index in [-0.39, 0.29) is 6.04 Å². The Hall–Kier alpha value is -3.18. The van der Waals surface area contributed by atoms with Gasteiger partial charge in [0.25, 0.3) is 0 Å². The fourth-order valence-corrected chi connectivity index (χ4v) is 3.32. The molecule has 0 aliphatic heterocycles. The molecule has 0 amide bonds. The second-order valence-electron chi connectivity index (χ2n) is 6.59. The second-order valence-corrected chi connectivity index (χ2v) is 6.59. The van der Waals surface area contributed by atoms with Gasteiger partial charge in [-0.2, -0.15) is 5.10 Å². The Balaban J connectivity index is 1.49. The molecule has 0 aliphatic rings. The fourth-order valence-electron chi connectivity index (χ4n) is 3.32. The molecule has 3 heterocycles. The largest absolute Gasteiger partial charge is 0.305 e. The number of benzene rings is 1. The first-order valence-electron chi connectivity index (χ1n) is 9.15. The predicted molar refractivity (Wildman–Crippen MR) is 107 cm³/mol. The van der Waals surface area contributed by atoms with Gasteiger partial charge in [-0.25, -0.2) is 9.67 Å². The number of para-hydroxylation sites is 1. The number of rotatable bonds is 6. The summed E-state index contributed by atoms with van der Waals surface area (Å²) in [6.45, 7) is 5.04. The van der Waals surface area contributed by atoms with Crippen molar-refractivity contribution in [1.29, 1.82) is 0 Å². The Morgan fingerprint density at radius 3 is 2.59 bits per heavy atom. The average molecular weight is 357 g/mol. The highest BCUT2D eigenvalue weighted by Gasteiger charge is 2.14. The summed E-state index contributed by atoms with van der Waals surface area (Å²) in [5.74, 6) is 0.931. The average Bonchev–Trinajstić information content (AvgIpc) is 3.34. The van der Waals surface area contributed by atoms with Crippen molar-refractivity contribution in [3.8, 4) is 11.5 Å². The van der Waals surface area contributed by atoms with Crippen LogP contribution < -0.4 is 5.32 Å². The summed E-state index contributed by atoms with van der Waals surface area (Å²) in [4.78, 5) is 4.44. The molecule has 0 bridgehead atoms. The molecule has 0 fully saturated rings. The minimum atomic E-state index is 0.189. The number of aromatic nitrogens is 4. The van der Waals surface area contributed by atoms with Gasteiger partial charge in [-0.3, -0.25) is 0 Å². The SMILES string of the molecule is Cc1c(C(C)NCc2cccn2-c2ccccn2)cnn1-c1ccccc1. The van der Waals surface area contributed by atoms with E-state index in [0.717, 1.165) is 23.7 Å². The monoisotopic (exact) mass is 357 g/mol. The number of pyridine rings is 1. The highest BCUT2D eigenvalue weighted by atomic mass is 15.3. The van der Waals surface area contributed by atoms with Gasteiger partial charge >= 0.3 is 0 Å². The molecular weight excluding hydrogens is 334 g/mol. The number of hydrogen-bond donors (Lipinski definition) is 1. The molecule has 5 heteroatoms. The van der Waals surface area contributed by atoms with E-state index in [2.05, 4.69) is 58.1 Å². The van der Waals surface area contributed by atoms with Gasteiger partial charge in [-0.15, -0.1) is 0 Å². The van der Waals surface area contributed by atoms with E-state index in [1.165, 1.54) is 11.3 Å². The molecule has 27 heavy (non-hydrogen) atoms. The molecule has 0 radical (unpaired) electrons. The maximum Gasteiger partial charge on any atom is 0.136 e. The van der Waals surface area contributed by atoms with Crippen molar-refractivity contribution in [3.63, 3.8) is 0 Å². The molecule has 0 aliphatic carbocycles. The van der Waals surface area contributed by atoms with E-state index in [9.17, 15) is 0 Å². The van der Waals surface area contributed by atoms with E-state index < -0.39 is 0 Å². The van der Waals surface area contributed by atoms with Crippen LogP contribution >= 0.6 is 0 Å². The van der Waals surface area contributed by atoms with Gasteiger partial charge in [0.1, 0.15) is 5.82 Å². The molecule has 136 valence electrons. The third kappa shape index (κ3) is 3.55. The van der Waals surface area contributed by atoms with Crippen LogP contribution in [0, 0.1) is 6.92 Å². The van der Waals surface area contributed by atoms with E-state index in [4.69, 9.17) is 0 Å². The summed E-state index contributed by atoms with van der Waals surface area (Å²) in [6.07, 6.45) is 5.82. The summed E-state index contributed by atoms with van der Waals surface area (Å²) < 4.78 is 4.10. The van der Waals surface area contributed by atoms with Crippen LogP contribution in [0.25, 0.3) is 11.5 Å². The number of nitrogens with one attached hydrogen (secondary N) is 1. The van der Waals surface area contributed by atoms with Crippen LogP contribution in [0.3, 0.4) is 0 Å². The normalized spacial score (nSPS) is 12.2. The van der Waals surface area contributed by atoms with E-state index >= 15 is 0 Å². The molecule has 0 saturated heterocycles. The van der Waals surface area contributed by atoms with Crippen molar-refractivity contribution >= 4 is 0 Å². The zero-order chi connectivity index (χ0) is 18.6. The lowest BCUT2D eigenvalue weighted by Gasteiger charge is -2.15. The Labute approximate surface area is 159 Å². The van der Waals surface area contributed by atoms with E-state index in [0.29, 0.717) is 0 Å². The fraction of sp³-hybridized carbons (Fsp3) is 0.182. The van der Waals surface area contributed by atoms with Crippen LogP contribution in [0.1, 0.15) is 29.9 Å². The van der Waals surface area contributed by atoms with Gasteiger partial charge in [0.15, 0.2) is 0 Å². The quantitative estimate of drug-likeness (QED) is 0.562. The molecule has 3 aromatic heterocycles. The molecule has 4 aromatic rings. The lowest BCUT2D eigenvalue weighted by atomic mass is 10.1. The lowest BCUT2D eigenvalue weighted by molar-refractivity contribution is 0.560. The highest BCUT2D eigenvalue weighted by Crippen LogP contribution is 2.21. The minimum Gasteiger partial charge on any atom is -0.305 e. The van der Waals surface area contributed by atoms with Gasteiger partial charge in [0.05, 0.1) is 11.9 Å². The first kappa shape index (κ1) is 17.2. The topological polar surface area (TPSA) is 47.7 Å². The zero-order valence-electron chi connectivity index (χ0n) is 15.6. The standard InChI is InChI=1S/C22H23N5/c1-17(21-16-25-27(18(21)2)19-9-4-3-5-10-19)24-15-20-11-8-14-26(20)22-12-6-7-13-23-22/h3-14,16-17,24H,15H2,1-2H3. The van der Waals surface area contributed by atoms with E-state index in [1.54, 1.807) is 0 Å². The molecule has 1 aromatic carbocycles. The first-order valence-corrected chi connectivity index (χ1v) is 9.15. The number of hydrogen-bond acceptors (Lipinski definition) is 3. The summed E-state index contributed by atoms with van der Waals surface area (Å²) >= 11 is 0. The van der Waals surface area contributed by atoms with Gasteiger partial charge in [-0.1, -0.05) is 24.3 Å². The minimum absolute atomic E-state index is 0.189. The van der Waals surface area contributed by atoms with Crippen molar-refractivity contribution in [2.45, 2.75) is 26.4 Å². The smallest absolute Gasteiger partial charge is 0.136 e. The summed E-state index contributed by atoms with van der Waals surface area (Å²) in [7, 11) is 0.